The highest BCUT2D eigenvalue weighted by Gasteiger charge is 2.52. The van der Waals surface area contributed by atoms with Gasteiger partial charge in [-0.2, -0.15) is 0 Å². The molecule has 1 aliphatic heterocycles. The Hall–Kier alpha value is -1.49. The molecule has 1 aromatic rings. The van der Waals surface area contributed by atoms with Crippen molar-refractivity contribution >= 4 is 19.4 Å². The molecular formula is C11H12NO5P. The van der Waals surface area contributed by atoms with E-state index < -0.39 is 24.7 Å². The monoisotopic (exact) mass is 269 g/mol. The molecule has 0 saturated carbocycles. The number of hydrogen-bond acceptors (Lipinski definition) is 3. The van der Waals surface area contributed by atoms with Gasteiger partial charge in [-0.3, -0.25) is 19.1 Å². The van der Waals surface area contributed by atoms with E-state index in [1.165, 1.54) is 26.0 Å². The third kappa shape index (κ3) is 1.61. The summed E-state index contributed by atoms with van der Waals surface area (Å²) in [6.07, 6.45) is 0. The van der Waals surface area contributed by atoms with Crippen molar-refractivity contribution in [3.05, 3.63) is 35.4 Å². The minimum absolute atomic E-state index is 0.170. The maximum atomic E-state index is 12.1. The van der Waals surface area contributed by atoms with E-state index in [0.29, 0.717) is 4.90 Å². The summed E-state index contributed by atoms with van der Waals surface area (Å²) < 4.78 is 11.4. The molecule has 18 heavy (non-hydrogen) atoms. The second-order valence-corrected chi connectivity index (χ2v) is 6.71. The number of fused-ring (bicyclic) bond motifs is 1. The van der Waals surface area contributed by atoms with Gasteiger partial charge in [0, 0.05) is 0 Å². The van der Waals surface area contributed by atoms with Crippen LogP contribution in [0.4, 0.5) is 0 Å². The van der Waals surface area contributed by atoms with Gasteiger partial charge < -0.3 is 9.79 Å². The molecule has 0 aliphatic carbocycles. The van der Waals surface area contributed by atoms with Gasteiger partial charge in [0.1, 0.15) is 5.28 Å². The minimum atomic E-state index is -4.64. The van der Waals surface area contributed by atoms with Crippen molar-refractivity contribution in [2.24, 2.45) is 0 Å². The topological polar surface area (TPSA) is 94.9 Å². The minimum Gasteiger partial charge on any atom is -0.323 e. The van der Waals surface area contributed by atoms with Crippen LogP contribution in [-0.4, -0.2) is 31.8 Å². The molecule has 1 heterocycles. The van der Waals surface area contributed by atoms with Crippen LogP contribution in [0.1, 0.15) is 34.6 Å². The van der Waals surface area contributed by atoms with Gasteiger partial charge in [0.25, 0.3) is 11.8 Å². The maximum Gasteiger partial charge on any atom is 0.350 e. The summed E-state index contributed by atoms with van der Waals surface area (Å²) in [5, 5.41) is -1.86. The van der Waals surface area contributed by atoms with Crippen molar-refractivity contribution < 1.29 is 23.9 Å². The lowest BCUT2D eigenvalue weighted by atomic mass is 10.1. The van der Waals surface area contributed by atoms with E-state index in [9.17, 15) is 23.9 Å². The standard InChI is InChI=1S/C11H12NO5P/c1-11(2,18(15,16)17)12-9(13)7-5-3-4-6-8(7)10(12)14/h3-6H,1-2H3,(H2,15,16,17). The number of hydrogen-bond donors (Lipinski definition) is 2. The van der Waals surface area contributed by atoms with Crippen LogP contribution >= 0.6 is 7.60 Å². The van der Waals surface area contributed by atoms with E-state index in [1.54, 1.807) is 12.1 Å². The Kier molecular flexibility index (Phi) is 2.70. The van der Waals surface area contributed by atoms with E-state index in [-0.39, 0.29) is 11.1 Å². The van der Waals surface area contributed by atoms with E-state index in [0.717, 1.165) is 0 Å². The fraction of sp³-hybridized carbons (Fsp3) is 0.273. The molecule has 6 nitrogen and oxygen atoms in total. The number of imide groups is 1. The maximum absolute atomic E-state index is 12.1. The third-order valence-corrected chi connectivity index (χ3v) is 4.68. The first-order chi connectivity index (χ1) is 8.18. The first-order valence-electron chi connectivity index (χ1n) is 5.21. The zero-order valence-electron chi connectivity index (χ0n) is 9.82. The summed E-state index contributed by atoms with van der Waals surface area (Å²) in [6.45, 7) is 2.35. The lowest BCUT2D eigenvalue weighted by Gasteiger charge is -2.33. The van der Waals surface area contributed by atoms with Gasteiger partial charge >= 0.3 is 7.60 Å². The Balaban J connectivity index is 2.56. The summed E-state index contributed by atoms with van der Waals surface area (Å²) in [5.41, 5.74) is 0.341. The quantitative estimate of drug-likeness (QED) is 0.621. The molecule has 0 aromatic heterocycles. The fourth-order valence-electron chi connectivity index (χ4n) is 1.82. The van der Waals surface area contributed by atoms with Crippen molar-refractivity contribution in [3.63, 3.8) is 0 Å². The molecule has 96 valence electrons. The van der Waals surface area contributed by atoms with E-state index in [2.05, 4.69) is 0 Å². The summed E-state index contributed by atoms with van der Waals surface area (Å²) in [4.78, 5) is 43.3. The average molecular weight is 269 g/mol. The second kappa shape index (κ2) is 3.75. The van der Waals surface area contributed by atoms with Crippen LogP contribution in [0, 0.1) is 0 Å². The van der Waals surface area contributed by atoms with Gasteiger partial charge in [0.2, 0.25) is 0 Å². The molecule has 0 radical (unpaired) electrons. The molecule has 2 amide bonds. The van der Waals surface area contributed by atoms with Gasteiger partial charge in [-0.25, -0.2) is 0 Å². The Labute approximate surface area is 103 Å². The van der Waals surface area contributed by atoms with Crippen LogP contribution in [0.3, 0.4) is 0 Å². The van der Waals surface area contributed by atoms with E-state index in [4.69, 9.17) is 0 Å². The molecule has 1 aromatic carbocycles. The molecule has 7 heteroatoms. The normalized spacial score (nSPS) is 16.1. The van der Waals surface area contributed by atoms with Crippen LogP contribution in [0.5, 0.6) is 0 Å². The molecule has 0 spiro atoms. The fourth-order valence-corrected chi connectivity index (χ4v) is 2.26. The highest BCUT2D eigenvalue weighted by Crippen LogP contribution is 2.53. The molecule has 0 saturated heterocycles. The number of rotatable bonds is 2. The van der Waals surface area contributed by atoms with Crippen LogP contribution in [0.25, 0.3) is 0 Å². The van der Waals surface area contributed by atoms with Gasteiger partial charge in [0.05, 0.1) is 11.1 Å². The van der Waals surface area contributed by atoms with Gasteiger partial charge in [-0.05, 0) is 26.0 Å². The summed E-state index contributed by atoms with van der Waals surface area (Å²) in [5.74, 6) is -1.35. The number of amides is 2. The van der Waals surface area contributed by atoms with Crippen molar-refractivity contribution in [3.8, 4) is 0 Å². The predicted octanol–water partition coefficient (Wildman–Crippen LogP) is 1.20. The molecular weight excluding hydrogens is 257 g/mol. The van der Waals surface area contributed by atoms with Gasteiger partial charge in [-0.1, -0.05) is 12.1 Å². The van der Waals surface area contributed by atoms with E-state index >= 15 is 0 Å². The largest absolute Gasteiger partial charge is 0.350 e. The Morgan fingerprint density at radius 1 is 1.06 bits per heavy atom. The first-order valence-corrected chi connectivity index (χ1v) is 6.82. The molecule has 0 bridgehead atoms. The highest BCUT2D eigenvalue weighted by atomic mass is 31.2. The highest BCUT2D eigenvalue weighted by molar-refractivity contribution is 7.53. The third-order valence-electron chi connectivity index (χ3n) is 3.05. The van der Waals surface area contributed by atoms with Crippen molar-refractivity contribution in [1.82, 2.24) is 4.90 Å². The summed E-state index contributed by atoms with van der Waals surface area (Å²) >= 11 is 0. The summed E-state index contributed by atoms with van der Waals surface area (Å²) in [6, 6.07) is 6.12. The average Bonchev–Trinajstić information content (AvgIpc) is 2.51. The van der Waals surface area contributed by atoms with Crippen LogP contribution in [0.15, 0.2) is 24.3 Å². The molecule has 0 unspecified atom stereocenters. The number of benzene rings is 1. The van der Waals surface area contributed by atoms with Crippen molar-refractivity contribution in [2.75, 3.05) is 0 Å². The van der Waals surface area contributed by atoms with Crippen molar-refractivity contribution in [1.29, 1.82) is 0 Å². The molecule has 1 aliphatic rings. The smallest absolute Gasteiger partial charge is 0.323 e. The molecule has 2 rings (SSSR count). The summed E-state index contributed by atoms with van der Waals surface area (Å²) in [7, 11) is -4.64. The zero-order chi connectivity index (χ0) is 13.7. The SMILES string of the molecule is CC(C)(N1C(=O)c2ccccc2C1=O)P(=O)(O)O. The molecule has 0 fully saturated rings. The number of nitrogens with zero attached hydrogens (tertiary/aromatic N) is 1. The van der Waals surface area contributed by atoms with Crippen LogP contribution in [-0.2, 0) is 4.57 Å². The Morgan fingerprint density at radius 3 is 1.78 bits per heavy atom. The van der Waals surface area contributed by atoms with E-state index in [1.807, 2.05) is 0 Å². The predicted molar refractivity (Wildman–Crippen MR) is 63.1 cm³/mol. The Morgan fingerprint density at radius 2 is 1.44 bits per heavy atom. The van der Waals surface area contributed by atoms with Crippen LogP contribution < -0.4 is 0 Å². The van der Waals surface area contributed by atoms with Crippen LogP contribution in [0.2, 0.25) is 0 Å². The second-order valence-electron chi connectivity index (χ2n) is 4.53. The lowest BCUT2D eigenvalue weighted by Crippen LogP contribution is -2.47. The van der Waals surface area contributed by atoms with Crippen molar-refractivity contribution in [2.45, 2.75) is 19.1 Å². The Bertz CT molecular complexity index is 554. The van der Waals surface area contributed by atoms with Gasteiger partial charge in [0.15, 0.2) is 0 Å². The molecule has 0 atom stereocenters. The lowest BCUT2D eigenvalue weighted by molar-refractivity contribution is 0.0542. The number of carbonyl (C=O) groups excluding carboxylic acids is 2. The first kappa shape index (κ1) is 13.0. The zero-order valence-corrected chi connectivity index (χ0v) is 10.7. The number of carbonyl (C=O) groups is 2. The van der Waals surface area contributed by atoms with Gasteiger partial charge in [-0.15, -0.1) is 0 Å². The molecule has 2 N–H and O–H groups in total.